The molecule has 2 heterocycles. The lowest BCUT2D eigenvalue weighted by atomic mass is 10.2. The van der Waals surface area contributed by atoms with Gasteiger partial charge in [-0.25, -0.2) is 0 Å². The molecule has 0 fully saturated rings. The summed E-state index contributed by atoms with van der Waals surface area (Å²) in [5, 5.41) is 1.09. The van der Waals surface area contributed by atoms with Crippen molar-refractivity contribution in [2.45, 2.75) is 0 Å². The second kappa shape index (κ2) is 4.26. The first-order valence-electron chi connectivity index (χ1n) is 5.30. The van der Waals surface area contributed by atoms with Crippen molar-refractivity contribution in [2.24, 2.45) is 0 Å². The zero-order valence-corrected chi connectivity index (χ0v) is 11.7. The number of aromatic amines is 2. The minimum Gasteiger partial charge on any atom is -0.361 e. The van der Waals surface area contributed by atoms with E-state index in [2.05, 4.69) is 32.5 Å². The van der Waals surface area contributed by atoms with Crippen LogP contribution in [0.15, 0.2) is 33.7 Å². The topological polar surface area (TPSA) is 48.6 Å². The molecule has 0 atom stereocenters. The highest BCUT2D eigenvalue weighted by Crippen LogP contribution is 2.22. The molecule has 0 amide bonds. The maximum absolute atomic E-state index is 11.6. The average Bonchev–Trinajstić information content (AvgIpc) is 2.84. The lowest BCUT2D eigenvalue weighted by molar-refractivity contribution is 1.26. The van der Waals surface area contributed by atoms with Crippen LogP contribution in [0.2, 0.25) is 0 Å². The van der Waals surface area contributed by atoms with E-state index in [1.807, 2.05) is 30.5 Å². The number of aromatic nitrogens is 2. The van der Waals surface area contributed by atoms with Crippen LogP contribution in [-0.4, -0.2) is 9.97 Å². The van der Waals surface area contributed by atoms with Crippen LogP contribution in [0.3, 0.4) is 0 Å². The van der Waals surface area contributed by atoms with Crippen LogP contribution in [0.25, 0.3) is 23.6 Å². The third-order valence-electron chi connectivity index (χ3n) is 2.67. The van der Waals surface area contributed by atoms with E-state index in [0.29, 0.717) is 9.20 Å². The number of rotatable bonds is 1. The normalized spacial score (nSPS) is 12.4. The summed E-state index contributed by atoms with van der Waals surface area (Å²) in [5.41, 5.74) is 1.96. The van der Waals surface area contributed by atoms with Crippen LogP contribution in [0.1, 0.15) is 5.56 Å². The number of H-pyrrole nitrogens is 2. The van der Waals surface area contributed by atoms with E-state index in [1.165, 1.54) is 11.3 Å². The van der Waals surface area contributed by atoms with E-state index in [0.717, 1.165) is 20.9 Å². The molecule has 5 heteroatoms. The van der Waals surface area contributed by atoms with Gasteiger partial charge in [0, 0.05) is 27.1 Å². The molecule has 0 spiro atoms. The van der Waals surface area contributed by atoms with Crippen LogP contribution in [0.5, 0.6) is 0 Å². The molecule has 0 bridgehead atoms. The molecule has 1 aromatic carbocycles. The van der Waals surface area contributed by atoms with Gasteiger partial charge in [0.25, 0.3) is 5.56 Å². The number of fused-ring (bicyclic) bond motifs is 1. The Bertz CT molecular complexity index is 888. The molecular formula is C13H9BrN2OS. The number of hydrogen-bond donors (Lipinski definition) is 2. The van der Waals surface area contributed by atoms with E-state index in [9.17, 15) is 4.79 Å². The average molecular weight is 321 g/mol. The maximum Gasteiger partial charge on any atom is 0.266 e. The Morgan fingerprint density at radius 1 is 1.39 bits per heavy atom. The second-order valence-electron chi connectivity index (χ2n) is 3.92. The van der Waals surface area contributed by atoms with Gasteiger partial charge in [0.2, 0.25) is 0 Å². The van der Waals surface area contributed by atoms with Crippen LogP contribution in [-0.2, 0) is 0 Å². The standard InChI is InChI=1S/C13H9BrN2OS/c1-7-16-13(17)12(18-7)4-8-6-15-11-3-2-9(14)5-10(8)11/h2-6,15H,1H2,(H,16,17)/b12-4-. The minimum atomic E-state index is -0.0886. The zero-order valence-electron chi connectivity index (χ0n) is 9.29. The number of thiazole rings is 1. The lowest BCUT2D eigenvalue weighted by Gasteiger charge is -1.92. The van der Waals surface area contributed by atoms with Crippen molar-refractivity contribution in [3.05, 3.63) is 54.0 Å². The van der Waals surface area contributed by atoms with Crippen molar-refractivity contribution in [3.63, 3.8) is 0 Å². The quantitative estimate of drug-likeness (QED) is 0.707. The Labute approximate surface area is 115 Å². The summed E-state index contributed by atoms with van der Waals surface area (Å²) in [6, 6.07) is 6.02. The molecule has 0 aliphatic heterocycles. The molecule has 0 aliphatic carbocycles. The molecule has 90 valence electrons. The van der Waals surface area contributed by atoms with Crippen LogP contribution < -0.4 is 14.8 Å². The highest BCUT2D eigenvalue weighted by atomic mass is 79.9. The molecule has 2 aromatic heterocycles. The molecule has 2 N–H and O–H groups in total. The lowest BCUT2D eigenvalue weighted by Crippen LogP contribution is -2.19. The van der Waals surface area contributed by atoms with E-state index in [-0.39, 0.29) is 5.56 Å². The van der Waals surface area contributed by atoms with Gasteiger partial charge in [0.15, 0.2) is 0 Å². The molecule has 18 heavy (non-hydrogen) atoms. The van der Waals surface area contributed by atoms with Crippen molar-refractivity contribution in [1.82, 2.24) is 9.97 Å². The largest absolute Gasteiger partial charge is 0.361 e. The summed E-state index contributed by atoms with van der Waals surface area (Å²) >= 11 is 4.82. The first-order chi connectivity index (χ1) is 8.63. The van der Waals surface area contributed by atoms with Gasteiger partial charge in [0.1, 0.15) is 0 Å². The molecule has 3 nitrogen and oxygen atoms in total. The Kier molecular flexibility index (Phi) is 2.72. The van der Waals surface area contributed by atoms with Gasteiger partial charge >= 0.3 is 0 Å². The van der Waals surface area contributed by atoms with Gasteiger partial charge in [-0.1, -0.05) is 22.5 Å². The number of halogens is 1. The van der Waals surface area contributed by atoms with E-state index in [1.54, 1.807) is 0 Å². The highest BCUT2D eigenvalue weighted by Gasteiger charge is 2.02. The number of benzene rings is 1. The van der Waals surface area contributed by atoms with Gasteiger partial charge in [-0.15, -0.1) is 11.3 Å². The molecule has 0 unspecified atom stereocenters. The fourth-order valence-corrected chi connectivity index (χ4v) is 2.96. The first-order valence-corrected chi connectivity index (χ1v) is 6.91. The van der Waals surface area contributed by atoms with Gasteiger partial charge in [-0.05, 0) is 24.3 Å². The van der Waals surface area contributed by atoms with Crippen LogP contribution >= 0.6 is 27.3 Å². The molecule has 0 aliphatic rings. The summed E-state index contributed by atoms with van der Waals surface area (Å²) < 4.78 is 2.36. The molecular weight excluding hydrogens is 312 g/mol. The molecule has 0 radical (unpaired) electrons. The Morgan fingerprint density at radius 3 is 2.94 bits per heavy atom. The minimum absolute atomic E-state index is 0.0886. The van der Waals surface area contributed by atoms with Crippen molar-refractivity contribution < 1.29 is 0 Å². The van der Waals surface area contributed by atoms with Gasteiger partial charge in [-0.2, -0.15) is 0 Å². The molecule has 0 saturated heterocycles. The van der Waals surface area contributed by atoms with Gasteiger partial charge in [-0.3, -0.25) is 4.79 Å². The smallest absolute Gasteiger partial charge is 0.266 e. The Hall–Kier alpha value is -1.59. The van der Waals surface area contributed by atoms with Crippen LogP contribution in [0, 0.1) is 0 Å². The predicted molar refractivity (Wildman–Crippen MR) is 79.3 cm³/mol. The monoisotopic (exact) mass is 320 g/mol. The summed E-state index contributed by atoms with van der Waals surface area (Å²) in [6.45, 7) is 3.74. The van der Waals surface area contributed by atoms with E-state index in [4.69, 9.17) is 0 Å². The highest BCUT2D eigenvalue weighted by molar-refractivity contribution is 9.10. The molecule has 3 aromatic rings. The van der Waals surface area contributed by atoms with Crippen molar-refractivity contribution in [3.8, 4) is 0 Å². The maximum atomic E-state index is 11.6. The van der Waals surface area contributed by atoms with Crippen molar-refractivity contribution >= 4 is 50.8 Å². The summed E-state index contributed by atoms with van der Waals surface area (Å²) in [7, 11) is 0. The first kappa shape index (κ1) is 11.5. The fourth-order valence-electron chi connectivity index (χ4n) is 1.86. The summed E-state index contributed by atoms with van der Waals surface area (Å²) in [6.07, 6.45) is 3.78. The second-order valence-corrected chi connectivity index (χ2v) is 5.97. The van der Waals surface area contributed by atoms with Gasteiger partial charge < -0.3 is 9.97 Å². The third kappa shape index (κ3) is 1.95. The SMILES string of the molecule is C=c1[nH]c(=O)/c(=C/c2c[nH]c3ccc(Br)cc23)s1. The fraction of sp³-hybridized carbons (Fsp3) is 0. The third-order valence-corrected chi connectivity index (χ3v) is 4.04. The summed E-state index contributed by atoms with van der Waals surface area (Å²) in [5.74, 6) is 0. The van der Waals surface area contributed by atoms with Crippen molar-refractivity contribution in [2.75, 3.05) is 0 Å². The van der Waals surface area contributed by atoms with Gasteiger partial charge in [0.05, 0.1) is 9.20 Å². The number of nitrogens with one attached hydrogen (secondary N) is 2. The van der Waals surface area contributed by atoms with E-state index < -0.39 is 0 Å². The predicted octanol–water partition coefficient (Wildman–Crippen LogP) is 1.92. The zero-order chi connectivity index (χ0) is 12.7. The van der Waals surface area contributed by atoms with E-state index >= 15 is 0 Å². The molecule has 3 rings (SSSR count). The summed E-state index contributed by atoms with van der Waals surface area (Å²) in [4.78, 5) is 17.5. The Balaban J connectivity index is 2.30. The number of hydrogen-bond acceptors (Lipinski definition) is 2. The van der Waals surface area contributed by atoms with Crippen LogP contribution in [0.4, 0.5) is 0 Å². The van der Waals surface area contributed by atoms with Crippen molar-refractivity contribution in [1.29, 1.82) is 0 Å². The Morgan fingerprint density at radius 2 is 2.22 bits per heavy atom. The molecule has 0 saturated carbocycles.